The van der Waals surface area contributed by atoms with Crippen LogP contribution in [0.3, 0.4) is 0 Å². The molecule has 1 aromatic rings. The first-order valence-corrected chi connectivity index (χ1v) is 4.18. The molecule has 0 N–H and O–H groups in total. The van der Waals surface area contributed by atoms with Crippen LogP contribution in [0.25, 0.3) is 0 Å². The van der Waals surface area contributed by atoms with Crippen molar-refractivity contribution < 1.29 is 9.13 Å². The van der Waals surface area contributed by atoms with Gasteiger partial charge in [0.05, 0.1) is 6.61 Å². The second-order valence-electron chi connectivity index (χ2n) is 3.01. The van der Waals surface area contributed by atoms with Gasteiger partial charge in [0, 0.05) is 6.42 Å². The molecular weight excluding hydrogens is 155 g/mol. The van der Waals surface area contributed by atoms with Crippen LogP contribution < -0.4 is 0 Å². The summed E-state index contributed by atoms with van der Waals surface area (Å²) in [5, 5.41) is 0. The minimum absolute atomic E-state index is 0.328. The fourth-order valence-electron chi connectivity index (χ4n) is 1.51. The Morgan fingerprint density at radius 2 is 2.00 bits per heavy atom. The van der Waals surface area contributed by atoms with Crippen LogP contribution in [-0.4, -0.2) is 12.8 Å². The first-order valence-electron chi connectivity index (χ1n) is 4.18. The number of hydrogen-bond acceptors (Lipinski definition) is 1. The third kappa shape index (κ3) is 1.34. The van der Waals surface area contributed by atoms with Gasteiger partial charge in [-0.05, 0) is 5.56 Å². The third-order valence-corrected chi connectivity index (χ3v) is 2.15. The first kappa shape index (κ1) is 7.74. The maximum absolute atomic E-state index is 13.1. The Labute approximate surface area is 71.2 Å². The van der Waals surface area contributed by atoms with E-state index in [1.807, 2.05) is 30.3 Å². The summed E-state index contributed by atoms with van der Waals surface area (Å²) >= 11 is 0. The quantitative estimate of drug-likeness (QED) is 0.622. The van der Waals surface area contributed by atoms with Crippen LogP contribution in [0.2, 0.25) is 0 Å². The lowest BCUT2D eigenvalue weighted by Crippen LogP contribution is -2.06. The van der Waals surface area contributed by atoms with Gasteiger partial charge in [-0.15, -0.1) is 0 Å². The van der Waals surface area contributed by atoms with Crippen molar-refractivity contribution >= 4 is 0 Å². The van der Waals surface area contributed by atoms with E-state index in [-0.39, 0.29) is 6.10 Å². The molecular formula is C10H11FO. The predicted octanol–water partition coefficient (Wildman–Crippen LogP) is 2.49. The van der Waals surface area contributed by atoms with E-state index in [1.165, 1.54) is 0 Å². The predicted molar refractivity (Wildman–Crippen MR) is 44.6 cm³/mol. The molecule has 1 aliphatic rings. The Balaban J connectivity index is 2.19. The number of alkyl halides is 1. The standard InChI is InChI=1S/C10H11FO/c11-9-6-7-12-10(9)8-4-2-1-3-5-8/h1-5,9-10H,6-7H2/t9-,10-/m0/s1. The molecule has 0 aromatic heterocycles. The molecule has 1 fully saturated rings. The fraction of sp³-hybridized carbons (Fsp3) is 0.400. The smallest absolute Gasteiger partial charge is 0.133 e. The molecule has 1 aliphatic heterocycles. The van der Waals surface area contributed by atoms with E-state index < -0.39 is 6.17 Å². The van der Waals surface area contributed by atoms with Crippen LogP contribution in [0.15, 0.2) is 30.3 Å². The van der Waals surface area contributed by atoms with E-state index in [2.05, 4.69) is 0 Å². The van der Waals surface area contributed by atoms with Gasteiger partial charge in [-0.1, -0.05) is 30.3 Å². The Bertz CT molecular complexity index is 247. The third-order valence-electron chi connectivity index (χ3n) is 2.15. The zero-order chi connectivity index (χ0) is 8.39. The van der Waals surface area contributed by atoms with Crippen molar-refractivity contribution in [2.45, 2.75) is 18.7 Å². The van der Waals surface area contributed by atoms with Crippen molar-refractivity contribution in [3.8, 4) is 0 Å². The summed E-state index contributed by atoms with van der Waals surface area (Å²) in [5.74, 6) is 0. The highest BCUT2D eigenvalue weighted by atomic mass is 19.1. The molecule has 1 saturated heterocycles. The minimum Gasteiger partial charge on any atom is -0.370 e. The van der Waals surface area contributed by atoms with Gasteiger partial charge in [-0.25, -0.2) is 4.39 Å². The lowest BCUT2D eigenvalue weighted by molar-refractivity contribution is 0.0778. The molecule has 2 heteroatoms. The molecule has 2 atom stereocenters. The fourth-order valence-corrected chi connectivity index (χ4v) is 1.51. The summed E-state index contributed by atoms with van der Waals surface area (Å²) in [5.41, 5.74) is 0.947. The molecule has 64 valence electrons. The topological polar surface area (TPSA) is 9.23 Å². The summed E-state index contributed by atoms with van der Waals surface area (Å²) in [6, 6.07) is 9.55. The van der Waals surface area contributed by atoms with E-state index in [9.17, 15) is 4.39 Å². The Hall–Kier alpha value is -0.890. The van der Waals surface area contributed by atoms with Gasteiger partial charge in [-0.2, -0.15) is 0 Å². The van der Waals surface area contributed by atoms with Crippen LogP contribution in [0.4, 0.5) is 4.39 Å². The SMILES string of the molecule is F[C@H]1CCO[C@H]1c1ccccc1. The van der Waals surface area contributed by atoms with Gasteiger partial charge in [0.25, 0.3) is 0 Å². The molecule has 0 radical (unpaired) electrons. The van der Waals surface area contributed by atoms with E-state index in [1.54, 1.807) is 0 Å². The first-order chi connectivity index (χ1) is 5.88. The summed E-state index contributed by atoms with van der Waals surface area (Å²) in [6.45, 7) is 0.542. The van der Waals surface area contributed by atoms with Crippen molar-refractivity contribution in [3.05, 3.63) is 35.9 Å². The second kappa shape index (κ2) is 3.23. The largest absolute Gasteiger partial charge is 0.370 e. The van der Waals surface area contributed by atoms with Gasteiger partial charge < -0.3 is 4.74 Å². The van der Waals surface area contributed by atoms with E-state index in [0.717, 1.165) is 5.56 Å². The maximum atomic E-state index is 13.1. The molecule has 0 amide bonds. The molecule has 1 nitrogen and oxygen atoms in total. The van der Waals surface area contributed by atoms with Gasteiger partial charge in [0.15, 0.2) is 0 Å². The van der Waals surface area contributed by atoms with Gasteiger partial charge in [0.2, 0.25) is 0 Å². The molecule has 0 saturated carbocycles. The summed E-state index contributed by atoms with van der Waals surface area (Å²) in [4.78, 5) is 0. The van der Waals surface area contributed by atoms with E-state index in [4.69, 9.17) is 4.74 Å². The average Bonchev–Trinajstić information content (AvgIpc) is 2.53. The maximum Gasteiger partial charge on any atom is 0.133 e. The number of rotatable bonds is 1. The summed E-state index contributed by atoms with van der Waals surface area (Å²) in [6.07, 6.45) is -0.627. The van der Waals surface area contributed by atoms with Crippen molar-refractivity contribution in [3.63, 3.8) is 0 Å². The van der Waals surface area contributed by atoms with E-state index >= 15 is 0 Å². The summed E-state index contributed by atoms with van der Waals surface area (Å²) in [7, 11) is 0. The Kier molecular flexibility index (Phi) is 2.09. The Morgan fingerprint density at radius 1 is 1.25 bits per heavy atom. The highest BCUT2D eigenvalue weighted by Crippen LogP contribution is 2.30. The van der Waals surface area contributed by atoms with Crippen LogP contribution in [0.5, 0.6) is 0 Å². The van der Waals surface area contributed by atoms with Crippen LogP contribution in [-0.2, 0) is 4.74 Å². The van der Waals surface area contributed by atoms with Gasteiger partial charge >= 0.3 is 0 Å². The number of halogens is 1. The van der Waals surface area contributed by atoms with Crippen LogP contribution in [0, 0.1) is 0 Å². The van der Waals surface area contributed by atoms with Crippen molar-refractivity contribution in [1.82, 2.24) is 0 Å². The summed E-state index contributed by atoms with van der Waals surface area (Å²) < 4.78 is 18.4. The highest BCUT2D eigenvalue weighted by Gasteiger charge is 2.28. The van der Waals surface area contributed by atoms with E-state index in [0.29, 0.717) is 13.0 Å². The zero-order valence-corrected chi connectivity index (χ0v) is 6.74. The van der Waals surface area contributed by atoms with Gasteiger partial charge in [-0.3, -0.25) is 0 Å². The molecule has 1 heterocycles. The normalized spacial score (nSPS) is 29.1. The molecule has 12 heavy (non-hydrogen) atoms. The lowest BCUT2D eigenvalue weighted by Gasteiger charge is -2.11. The molecule has 0 unspecified atom stereocenters. The molecule has 0 aliphatic carbocycles. The van der Waals surface area contributed by atoms with Crippen molar-refractivity contribution in [2.24, 2.45) is 0 Å². The Morgan fingerprint density at radius 3 is 2.58 bits per heavy atom. The zero-order valence-electron chi connectivity index (χ0n) is 6.74. The number of ether oxygens (including phenoxy) is 1. The van der Waals surface area contributed by atoms with Gasteiger partial charge in [0.1, 0.15) is 12.3 Å². The molecule has 1 aromatic carbocycles. The van der Waals surface area contributed by atoms with Crippen LogP contribution >= 0.6 is 0 Å². The highest BCUT2D eigenvalue weighted by molar-refractivity contribution is 5.19. The molecule has 2 rings (SSSR count). The lowest BCUT2D eigenvalue weighted by atomic mass is 10.1. The van der Waals surface area contributed by atoms with Crippen LogP contribution in [0.1, 0.15) is 18.1 Å². The molecule has 0 spiro atoms. The van der Waals surface area contributed by atoms with Crippen molar-refractivity contribution in [2.75, 3.05) is 6.61 Å². The molecule has 0 bridgehead atoms. The average molecular weight is 166 g/mol. The number of benzene rings is 1. The second-order valence-corrected chi connectivity index (χ2v) is 3.01. The number of hydrogen-bond donors (Lipinski definition) is 0. The monoisotopic (exact) mass is 166 g/mol. The van der Waals surface area contributed by atoms with Crippen molar-refractivity contribution in [1.29, 1.82) is 0 Å². The minimum atomic E-state index is -0.826.